The molecule has 0 saturated carbocycles. The Morgan fingerprint density at radius 2 is 0.822 bits per heavy atom. The van der Waals surface area contributed by atoms with E-state index in [2.05, 4.69) is 26.6 Å². The summed E-state index contributed by atoms with van der Waals surface area (Å²) in [7, 11) is 7.42. The first-order chi connectivity index (χ1) is 21.2. The molecule has 0 aliphatic carbocycles. The molecule has 262 valence electrons. The summed E-state index contributed by atoms with van der Waals surface area (Å²) in [6.07, 6.45) is -1.48. The lowest BCUT2D eigenvalue weighted by molar-refractivity contribution is -0.130. The Morgan fingerprint density at radius 3 is 1.11 bits per heavy atom. The second kappa shape index (κ2) is 25.3. The molecule has 7 N–H and O–H groups in total. The van der Waals surface area contributed by atoms with Crippen molar-refractivity contribution in [3.8, 4) is 0 Å². The molecule has 0 aliphatic rings. The van der Waals surface area contributed by atoms with Crippen LogP contribution in [-0.4, -0.2) is 185 Å². The van der Waals surface area contributed by atoms with E-state index in [-0.39, 0.29) is 44.3 Å². The molecule has 0 heterocycles. The van der Waals surface area contributed by atoms with Gasteiger partial charge in [-0.2, -0.15) is 0 Å². The molecule has 16 heteroatoms. The summed E-state index contributed by atoms with van der Waals surface area (Å²) in [6, 6.07) is 0. The van der Waals surface area contributed by atoms with Crippen molar-refractivity contribution < 1.29 is 34.2 Å². The number of nitrogens with zero attached hydrogens (tertiary/aromatic N) is 4. The molecule has 2 unspecified atom stereocenters. The summed E-state index contributed by atoms with van der Waals surface area (Å²) in [5.74, 6) is -1.69. The van der Waals surface area contributed by atoms with E-state index < -0.39 is 29.9 Å². The predicted octanol–water partition coefficient (Wildman–Crippen LogP) is -3.77. The molecule has 16 nitrogen and oxygen atoms in total. The molecule has 0 saturated heterocycles. The van der Waals surface area contributed by atoms with Gasteiger partial charge in [-0.05, 0) is 35.1 Å². The number of hydrogen-bond acceptors (Lipinski definition) is 11. The number of carbonyl (C=O) groups excluding carboxylic acids is 5. The van der Waals surface area contributed by atoms with E-state index in [0.717, 1.165) is 0 Å². The van der Waals surface area contributed by atoms with Crippen LogP contribution in [0.4, 0.5) is 0 Å². The summed E-state index contributed by atoms with van der Waals surface area (Å²) in [4.78, 5) is 67.5. The molecule has 45 heavy (non-hydrogen) atoms. The molecule has 0 radical (unpaired) electrons. The van der Waals surface area contributed by atoms with Crippen LogP contribution in [0.5, 0.6) is 0 Å². The fraction of sp³-hybridized carbons (Fsp3) is 0.828. The van der Waals surface area contributed by atoms with E-state index in [0.29, 0.717) is 71.9 Å². The van der Waals surface area contributed by atoms with Crippen molar-refractivity contribution in [2.24, 2.45) is 0 Å². The third-order valence-electron chi connectivity index (χ3n) is 6.43. The van der Waals surface area contributed by atoms with Gasteiger partial charge < -0.3 is 46.6 Å². The van der Waals surface area contributed by atoms with Crippen LogP contribution in [-0.2, 0) is 24.0 Å². The largest absolute Gasteiger partial charge is 0.390 e. The number of carbonyl (C=O) groups is 5. The predicted molar refractivity (Wildman–Crippen MR) is 172 cm³/mol. The fourth-order valence-corrected chi connectivity index (χ4v) is 4.42. The number of amides is 5. The molecule has 0 aromatic heterocycles. The zero-order chi connectivity index (χ0) is 34.2. The highest BCUT2D eigenvalue weighted by Crippen LogP contribution is 1.96. The zero-order valence-electron chi connectivity index (χ0n) is 28.2. The minimum Gasteiger partial charge on any atom is -0.390 e. The maximum atomic E-state index is 12.4. The van der Waals surface area contributed by atoms with E-state index in [4.69, 9.17) is 0 Å². The van der Waals surface area contributed by atoms with Gasteiger partial charge in [-0.25, -0.2) is 0 Å². The lowest BCUT2D eigenvalue weighted by Crippen LogP contribution is -2.46. The van der Waals surface area contributed by atoms with Gasteiger partial charge in [0.15, 0.2) is 0 Å². The lowest BCUT2D eigenvalue weighted by Gasteiger charge is -2.27. The lowest BCUT2D eigenvalue weighted by atomic mass is 10.3. The maximum absolute atomic E-state index is 12.4. The van der Waals surface area contributed by atoms with Crippen LogP contribution >= 0.6 is 0 Å². The normalized spacial score (nSPS) is 12.7. The molecular formula is C29H59N9O7. The van der Waals surface area contributed by atoms with Crippen LogP contribution in [0, 0.1) is 0 Å². The SMILES string of the molecule is CCNC(=O)CC(=O)NCCN(CCNC(=O)CC(=O)NCCN(CCNC(=O)CC)CC(O)CN(C)C)CC(O)CN(C)C. The Bertz CT molecular complexity index is 877. The monoisotopic (exact) mass is 645 g/mol. The van der Waals surface area contributed by atoms with Gasteiger partial charge in [-0.3, -0.25) is 33.8 Å². The smallest absolute Gasteiger partial charge is 0.229 e. The number of aliphatic hydroxyl groups excluding tert-OH is 2. The Hall–Kier alpha value is -2.89. The zero-order valence-corrected chi connectivity index (χ0v) is 28.2. The second-order valence-corrected chi connectivity index (χ2v) is 11.5. The molecule has 0 aliphatic heterocycles. The van der Waals surface area contributed by atoms with Crippen LogP contribution in [0.15, 0.2) is 0 Å². The number of aliphatic hydroxyl groups is 2. The molecule has 0 aromatic rings. The minimum atomic E-state index is -0.654. The Balaban J connectivity index is 4.70. The summed E-state index contributed by atoms with van der Waals surface area (Å²) in [6.45, 7) is 8.47. The molecule has 0 aromatic carbocycles. The van der Waals surface area contributed by atoms with Gasteiger partial charge in [0.05, 0.1) is 12.2 Å². The Morgan fingerprint density at radius 1 is 0.511 bits per heavy atom. The Kier molecular flexibility index (Phi) is 23.7. The van der Waals surface area contributed by atoms with Crippen LogP contribution < -0.4 is 26.6 Å². The van der Waals surface area contributed by atoms with E-state index in [9.17, 15) is 34.2 Å². The van der Waals surface area contributed by atoms with Crippen molar-refractivity contribution in [3.05, 3.63) is 0 Å². The van der Waals surface area contributed by atoms with Crippen LogP contribution in [0.1, 0.15) is 33.1 Å². The van der Waals surface area contributed by atoms with E-state index in [1.165, 1.54) is 0 Å². The third-order valence-corrected chi connectivity index (χ3v) is 6.43. The van der Waals surface area contributed by atoms with Gasteiger partial charge in [-0.1, -0.05) is 6.92 Å². The fourth-order valence-electron chi connectivity index (χ4n) is 4.42. The van der Waals surface area contributed by atoms with Crippen molar-refractivity contribution in [2.45, 2.75) is 45.3 Å². The van der Waals surface area contributed by atoms with Gasteiger partial charge >= 0.3 is 0 Å². The average molecular weight is 646 g/mol. The highest BCUT2D eigenvalue weighted by Gasteiger charge is 2.17. The maximum Gasteiger partial charge on any atom is 0.229 e. The topological polar surface area (TPSA) is 199 Å². The van der Waals surface area contributed by atoms with Gasteiger partial charge in [0.25, 0.3) is 0 Å². The quantitative estimate of drug-likeness (QED) is 0.0456. The first kappa shape index (κ1) is 42.1. The molecular weight excluding hydrogens is 586 g/mol. The van der Waals surface area contributed by atoms with Gasteiger partial charge in [0, 0.05) is 91.5 Å². The second-order valence-electron chi connectivity index (χ2n) is 11.5. The van der Waals surface area contributed by atoms with Crippen LogP contribution in [0.3, 0.4) is 0 Å². The number of rotatable bonds is 26. The van der Waals surface area contributed by atoms with Gasteiger partial charge in [-0.15, -0.1) is 0 Å². The van der Waals surface area contributed by atoms with Gasteiger partial charge in [0.2, 0.25) is 29.5 Å². The van der Waals surface area contributed by atoms with Crippen molar-refractivity contribution in [1.82, 2.24) is 46.2 Å². The molecule has 0 spiro atoms. The molecule has 0 rings (SSSR count). The van der Waals surface area contributed by atoms with E-state index >= 15 is 0 Å². The van der Waals surface area contributed by atoms with E-state index in [1.54, 1.807) is 13.8 Å². The van der Waals surface area contributed by atoms with Crippen molar-refractivity contribution in [2.75, 3.05) is 113 Å². The molecule has 0 fully saturated rings. The van der Waals surface area contributed by atoms with Crippen molar-refractivity contribution >= 4 is 29.5 Å². The Labute approximate surface area is 268 Å². The molecule has 5 amide bonds. The van der Waals surface area contributed by atoms with Crippen molar-refractivity contribution in [3.63, 3.8) is 0 Å². The van der Waals surface area contributed by atoms with Crippen molar-refractivity contribution in [1.29, 1.82) is 0 Å². The number of hydrogen-bond donors (Lipinski definition) is 7. The number of likely N-dealkylation sites (N-methyl/N-ethyl adjacent to an activating group) is 2. The van der Waals surface area contributed by atoms with Crippen LogP contribution in [0.2, 0.25) is 0 Å². The molecule has 2 atom stereocenters. The third kappa shape index (κ3) is 25.0. The summed E-state index contributed by atoms with van der Waals surface area (Å²) in [5.41, 5.74) is 0. The van der Waals surface area contributed by atoms with Crippen LogP contribution in [0.25, 0.3) is 0 Å². The standard InChI is InChI=1S/C29H59N9O7/c1-7-25(41)31-9-13-37(21-23(39)19-35(3)4)14-11-33-28(44)18-29(45)34-12-16-38(22-24(40)20-36(5)6)15-10-32-27(43)17-26(42)30-8-2/h23-24,39-40H,7-22H2,1-6H3,(H,30,42)(H,31,41)(H,32,43)(H,33,44)(H,34,45). The highest BCUT2D eigenvalue weighted by molar-refractivity contribution is 5.97. The summed E-state index contributed by atoms with van der Waals surface area (Å²) in [5, 5.41) is 34.3. The summed E-state index contributed by atoms with van der Waals surface area (Å²) >= 11 is 0. The first-order valence-corrected chi connectivity index (χ1v) is 15.7. The highest BCUT2D eigenvalue weighted by atomic mass is 16.3. The minimum absolute atomic E-state index is 0.0593. The molecule has 0 bridgehead atoms. The first-order valence-electron chi connectivity index (χ1n) is 15.7. The van der Waals surface area contributed by atoms with Gasteiger partial charge in [0.1, 0.15) is 12.8 Å². The summed E-state index contributed by atoms with van der Waals surface area (Å²) < 4.78 is 0. The number of nitrogens with one attached hydrogen (secondary N) is 5. The average Bonchev–Trinajstić information content (AvgIpc) is 2.91. The van der Waals surface area contributed by atoms with E-state index in [1.807, 2.05) is 47.8 Å².